The number of hydrogen-bond acceptors (Lipinski definition) is 8. The predicted molar refractivity (Wildman–Crippen MR) is 190 cm³/mol. The number of carbonyl (C=O) groups is 1. The van der Waals surface area contributed by atoms with Gasteiger partial charge in [-0.3, -0.25) is 14.6 Å². The molecule has 52 heavy (non-hydrogen) atoms. The summed E-state index contributed by atoms with van der Waals surface area (Å²) < 4.78 is 54.6. The van der Waals surface area contributed by atoms with Crippen LogP contribution in [0.25, 0.3) is 22.4 Å². The molecule has 2 aromatic carbocycles. The molecule has 4 heterocycles. The van der Waals surface area contributed by atoms with E-state index >= 15 is 0 Å². The molecular formula is C39H40ClF3N4O5. The Kier molecular flexibility index (Phi) is 9.70. The van der Waals surface area contributed by atoms with E-state index in [4.69, 9.17) is 26.1 Å². The Balaban J connectivity index is 1.15. The number of carboxylic acids is 1. The second-order valence-electron chi connectivity index (χ2n) is 14.4. The van der Waals surface area contributed by atoms with E-state index in [0.29, 0.717) is 49.1 Å². The third kappa shape index (κ3) is 7.09. The number of ether oxygens (including phenoxy) is 2. The van der Waals surface area contributed by atoms with Gasteiger partial charge in [-0.15, -0.1) is 0 Å². The molecule has 2 aromatic heterocycles. The van der Waals surface area contributed by atoms with Gasteiger partial charge in [0.05, 0.1) is 47.7 Å². The molecule has 0 amide bonds. The number of rotatable bonds is 11. The summed E-state index contributed by atoms with van der Waals surface area (Å²) in [4.78, 5) is 24.3. The van der Waals surface area contributed by atoms with Crippen LogP contribution in [0.5, 0.6) is 11.8 Å². The van der Waals surface area contributed by atoms with E-state index < -0.39 is 29.2 Å². The van der Waals surface area contributed by atoms with Crippen LogP contribution < -0.4 is 9.47 Å². The highest BCUT2D eigenvalue weighted by Gasteiger charge is 2.39. The number of aromatic nitrogens is 2. The third-order valence-corrected chi connectivity index (χ3v) is 10.8. The third-order valence-electron chi connectivity index (χ3n) is 10.4. The average molecular weight is 737 g/mol. The average Bonchev–Trinajstić information content (AvgIpc) is 3.48. The Morgan fingerprint density at radius 2 is 1.60 bits per heavy atom. The van der Waals surface area contributed by atoms with Crippen molar-refractivity contribution >= 4 is 17.6 Å². The second-order valence-corrected chi connectivity index (χ2v) is 14.7. The van der Waals surface area contributed by atoms with E-state index in [0.717, 1.165) is 39.4 Å². The van der Waals surface area contributed by atoms with Gasteiger partial charge in [0.15, 0.2) is 0 Å². The van der Waals surface area contributed by atoms with Gasteiger partial charge in [-0.25, -0.2) is 9.97 Å². The summed E-state index contributed by atoms with van der Waals surface area (Å²) in [6.07, 6.45) is -3.25. The van der Waals surface area contributed by atoms with Crippen molar-refractivity contribution in [3.05, 3.63) is 93.1 Å². The van der Waals surface area contributed by atoms with E-state index in [1.165, 1.54) is 7.11 Å². The fourth-order valence-corrected chi connectivity index (χ4v) is 8.25. The van der Waals surface area contributed by atoms with Gasteiger partial charge in [0.2, 0.25) is 11.8 Å². The van der Waals surface area contributed by atoms with Crippen LogP contribution in [0, 0.1) is 5.92 Å². The lowest BCUT2D eigenvalue weighted by molar-refractivity contribution is -0.147. The zero-order chi connectivity index (χ0) is 36.9. The normalized spacial score (nSPS) is 18.8. The molecule has 1 aliphatic carbocycles. The summed E-state index contributed by atoms with van der Waals surface area (Å²) in [6.45, 7) is 4.20. The van der Waals surface area contributed by atoms with Crippen molar-refractivity contribution in [2.24, 2.45) is 5.92 Å². The summed E-state index contributed by atoms with van der Waals surface area (Å²) in [6, 6.07) is 16.6. The van der Waals surface area contributed by atoms with Gasteiger partial charge < -0.3 is 19.7 Å². The lowest BCUT2D eigenvalue weighted by Crippen LogP contribution is -2.59. The molecule has 2 fully saturated rings. The molecule has 2 N–H and O–H groups in total. The SMILES string of the molecule is COc1nc(-c2cccc(-c3cccc4c3CC[C@@H]4Cc3nc(OC)c(CN4CC(C(=O)O)C4)cc3C(F)(F)F)c2Cl)ccc1CN1CC(C)(O)C1. The number of halogens is 4. The number of methoxy groups -OCH3 is 2. The number of pyridine rings is 2. The van der Waals surface area contributed by atoms with Gasteiger partial charge >= 0.3 is 12.1 Å². The second kappa shape index (κ2) is 14.0. The van der Waals surface area contributed by atoms with Crippen molar-refractivity contribution in [3.8, 4) is 34.1 Å². The number of aliphatic carboxylic acids is 1. The maximum atomic E-state index is 14.5. The summed E-state index contributed by atoms with van der Waals surface area (Å²) >= 11 is 7.12. The molecule has 274 valence electrons. The summed E-state index contributed by atoms with van der Waals surface area (Å²) in [7, 11) is 2.96. The molecule has 4 aromatic rings. The van der Waals surface area contributed by atoms with Crippen LogP contribution in [0.15, 0.2) is 54.6 Å². The van der Waals surface area contributed by atoms with Crippen LogP contribution in [0.2, 0.25) is 5.02 Å². The number of nitrogens with zero attached hydrogens (tertiary/aromatic N) is 4. The molecule has 0 spiro atoms. The number of fused-ring (bicyclic) bond motifs is 1. The number of alkyl halides is 3. The number of benzene rings is 2. The molecule has 2 saturated heterocycles. The molecule has 7 rings (SSSR count). The maximum Gasteiger partial charge on any atom is 0.418 e. The Bertz CT molecular complexity index is 2010. The monoisotopic (exact) mass is 736 g/mol. The lowest BCUT2D eigenvalue weighted by Gasteiger charge is -2.44. The van der Waals surface area contributed by atoms with Gasteiger partial charge in [0, 0.05) is 61.5 Å². The van der Waals surface area contributed by atoms with E-state index in [-0.39, 0.29) is 49.1 Å². The highest BCUT2D eigenvalue weighted by molar-refractivity contribution is 6.36. The standard InChI is InChI=1S/C39H40ClF3N4O5/c1-38(50)20-47(21-38)16-23-11-13-32(44-35(23)51-2)30-9-5-8-29(34(30)40)27-7-4-6-26-22(10-12-28(26)27)15-33-31(39(41,42)43)14-24(36(45-33)52-3)17-46-18-25(19-46)37(48)49/h4-9,11,13-14,22,25,50H,10,12,15-21H2,1-3H3,(H,48,49)/t22-/m1/s1. The molecule has 1 atom stereocenters. The van der Waals surface area contributed by atoms with Crippen molar-refractivity contribution in [1.29, 1.82) is 0 Å². The summed E-state index contributed by atoms with van der Waals surface area (Å²) in [5.41, 5.74) is 4.73. The van der Waals surface area contributed by atoms with E-state index in [2.05, 4.69) is 9.88 Å². The predicted octanol–water partition coefficient (Wildman–Crippen LogP) is 6.86. The first kappa shape index (κ1) is 36.1. The Morgan fingerprint density at radius 3 is 2.27 bits per heavy atom. The van der Waals surface area contributed by atoms with Crippen LogP contribution in [-0.4, -0.2) is 81.9 Å². The van der Waals surface area contributed by atoms with Gasteiger partial charge in [-0.1, -0.05) is 54.1 Å². The van der Waals surface area contributed by atoms with E-state index in [1.807, 2.05) is 55.5 Å². The molecule has 0 bridgehead atoms. The van der Waals surface area contributed by atoms with Crippen molar-refractivity contribution in [2.75, 3.05) is 40.4 Å². The number of hydrogen-bond donors (Lipinski definition) is 2. The first-order valence-corrected chi connectivity index (χ1v) is 17.6. The topological polar surface area (TPSA) is 108 Å². The number of likely N-dealkylation sites (tertiary alicyclic amines) is 2. The molecule has 0 unspecified atom stereocenters. The van der Waals surface area contributed by atoms with Crippen LogP contribution >= 0.6 is 11.6 Å². The first-order chi connectivity index (χ1) is 24.7. The quantitative estimate of drug-likeness (QED) is 0.171. The maximum absolute atomic E-state index is 14.5. The minimum absolute atomic E-state index is 0.0749. The van der Waals surface area contributed by atoms with Crippen molar-refractivity contribution in [2.45, 2.75) is 57.0 Å². The van der Waals surface area contributed by atoms with Crippen LogP contribution in [-0.2, 0) is 36.9 Å². The van der Waals surface area contributed by atoms with Gasteiger partial charge in [-0.05, 0) is 60.9 Å². The number of aliphatic hydroxyl groups is 1. The van der Waals surface area contributed by atoms with Crippen molar-refractivity contribution in [1.82, 2.24) is 19.8 Å². The molecule has 2 aliphatic heterocycles. The van der Waals surface area contributed by atoms with E-state index in [1.54, 1.807) is 12.0 Å². The molecule has 9 nitrogen and oxygen atoms in total. The van der Waals surface area contributed by atoms with Crippen molar-refractivity contribution in [3.63, 3.8) is 0 Å². The zero-order valence-electron chi connectivity index (χ0n) is 29.1. The molecule has 0 saturated carbocycles. The Labute approximate surface area is 305 Å². The molecular weight excluding hydrogens is 697 g/mol. The zero-order valence-corrected chi connectivity index (χ0v) is 29.9. The summed E-state index contributed by atoms with van der Waals surface area (Å²) in [5.74, 6) is -1.05. The molecule has 13 heteroatoms. The lowest BCUT2D eigenvalue weighted by atomic mass is 9.90. The number of β-amino-alcohol motifs (C(OH)–C–C–N with tert-alkyl or cyclic N) is 1. The van der Waals surface area contributed by atoms with E-state index in [9.17, 15) is 28.2 Å². The smallest absolute Gasteiger partial charge is 0.418 e. The molecule has 3 aliphatic rings. The van der Waals surface area contributed by atoms with Gasteiger partial charge in [-0.2, -0.15) is 13.2 Å². The minimum Gasteiger partial charge on any atom is -0.481 e. The van der Waals surface area contributed by atoms with Gasteiger partial charge in [0.1, 0.15) is 0 Å². The fourth-order valence-electron chi connectivity index (χ4n) is 7.92. The summed E-state index contributed by atoms with van der Waals surface area (Å²) in [5, 5.41) is 19.8. The first-order valence-electron chi connectivity index (χ1n) is 17.2. The Morgan fingerprint density at radius 1 is 0.942 bits per heavy atom. The molecule has 0 radical (unpaired) electrons. The highest BCUT2D eigenvalue weighted by atomic mass is 35.5. The number of carboxylic acid groups (broad SMARTS) is 1. The Hall–Kier alpha value is -4.23. The fraction of sp³-hybridized carbons (Fsp3) is 0.410. The minimum atomic E-state index is -4.64. The van der Waals surface area contributed by atoms with Crippen LogP contribution in [0.3, 0.4) is 0 Å². The van der Waals surface area contributed by atoms with Crippen molar-refractivity contribution < 1.29 is 37.7 Å². The highest BCUT2D eigenvalue weighted by Crippen LogP contribution is 2.45. The van der Waals surface area contributed by atoms with Crippen LogP contribution in [0.4, 0.5) is 13.2 Å². The largest absolute Gasteiger partial charge is 0.481 e. The van der Waals surface area contributed by atoms with Crippen LogP contribution in [0.1, 0.15) is 52.8 Å². The van der Waals surface area contributed by atoms with Gasteiger partial charge in [0.25, 0.3) is 0 Å².